The van der Waals surface area contributed by atoms with Gasteiger partial charge in [0.2, 0.25) is 0 Å². The summed E-state index contributed by atoms with van der Waals surface area (Å²) in [7, 11) is 0. The molecule has 8 heteroatoms. The van der Waals surface area contributed by atoms with E-state index in [-0.39, 0.29) is 5.82 Å². The molecule has 0 fully saturated rings. The lowest BCUT2D eigenvalue weighted by atomic mass is 9.99. The molecule has 0 bridgehead atoms. The number of anilines is 1. The number of ether oxygens (including phenoxy) is 1. The second-order valence-electron chi connectivity index (χ2n) is 6.93. The SMILES string of the molecule is Cc1ncccc1-c1cnc(NCc2c(F)ccc3c2CCCO3)c2ncnn12. The fraction of sp³-hybridized carbons (Fsp3) is 0.238. The molecular formula is C21H19FN6O. The van der Waals surface area contributed by atoms with Crippen LogP contribution in [0, 0.1) is 12.7 Å². The van der Waals surface area contributed by atoms with Crippen molar-refractivity contribution in [3.8, 4) is 17.0 Å². The highest BCUT2D eigenvalue weighted by Gasteiger charge is 2.19. The Bertz CT molecular complexity index is 1210. The first kappa shape index (κ1) is 17.5. The van der Waals surface area contributed by atoms with Crippen molar-refractivity contribution in [3.05, 3.63) is 65.6 Å². The van der Waals surface area contributed by atoms with Crippen molar-refractivity contribution in [2.45, 2.75) is 26.3 Å². The zero-order valence-electron chi connectivity index (χ0n) is 15.9. The molecule has 0 atom stereocenters. The van der Waals surface area contributed by atoms with Crippen LogP contribution in [0.2, 0.25) is 0 Å². The van der Waals surface area contributed by atoms with E-state index in [4.69, 9.17) is 4.74 Å². The third-order valence-corrected chi connectivity index (χ3v) is 5.18. The summed E-state index contributed by atoms with van der Waals surface area (Å²) in [6.07, 6.45) is 6.65. The highest BCUT2D eigenvalue weighted by atomic mass is 19.1. The van der Waals surface area contributed by atoms with Crippen LogP contribution in [0.1, 0.15) is 23.2 Å². The predicted octanol–water partition coefficient (Wildman–Crippen LogP) is 3.57. The Morgan fingerprint density at radius 2 is 2.14 bits per heavy atom. The first-order chi connectivity index (χ1) is 14.2. The maximum absolute atomic E-state index is 14.5. The molecule has 4 heterocycles. The van der Waals surface area contributed by atoms with E-state index in [9.17, 15) is 4.39 Å². The smallest absolute Gasteiger partial charge is 0.198 e. The molecular weight excluding hydrogens is 371 g/mol. The van der Waals surface area contributed by atoms with Gasteiger partial charge in [0.25, 0.3) is 0 Å². The van der Waals surface area contributed by atoms with Crippen LogP contribution in [0.3, 0.4) is 0 Å². The fourth-order valence-corrected chi connectivity index (χ4v) is 3.73. The summed E-state index contributed by atoms with van der Waals surface area (Å²) in [5, 5.41) is 7.57. The number of pyridine rings is 1. The Labute approximate surface area is 166 Å². The number of nitrogens with zero attached hydrogens (tertiary/aromatic N) is 5. The Balaban J connectivity index is 1.50. The molecule has 0 radical (unpaired) electrons. The predicted molar refractivity (Wildman–Crippen MR) is 106 cm³/mol. The second-order valence-corrected chi connectivity index (χ2v) is 6.93. The number of rotatable bonds is 4. The quantitative estimate of drug-likeness (QED) is 0.574. The molecule has 0 aliphatic carbocycles. The number of aromatic nitrogens is 5. The number of hydrogen-bond donors (Lipinski definition) is 1. The van der Waals surface area contributed by atoms with Crippen LogP contribution in [0.25, 0.3) is 16.9 Å². The lowest BCUT2D eigenvalue weighted by molar-refractivity contribution is 0.286. The summed E-state index contributed by atoms with van der Waals surface area (Å²) >= 11 is 0. The van der Waals surface area contributed by atoms with Gasteiger partial charge >= 0.3 is 0 Å². The average Bonchev–Trinajstić information content (AvgIpc) is 3.24. The largest absolute Gasteiger partial charge is 0.493 e. The molecule has 0 saturated carbocycles. The summed E-state index contributed by atoms with van der Waals surface area (Å²) in [4.78, 5) is 13.2. The van der Waals surface area contributed by atoms with Crippen molar-refractivity contribution in [2.24, 2.45) is 0 Å². The third kappa shape index (κ3) is 3.06. The van der Waals surface area contributed by atoms with Crippen LogP contribution in [0.15, 0.2) is 43.0 Å². The van der Waals surface area contributed by atoms with Crippen molar-refractivity contribution in [3.63, 3.8) is 0 Å². The van der Waals surface area contributed by atoms with Crippen molar-refractivity contribution in [1.29, 1.82) is 0 Å². The molecule has 0 amide bonds. The first-order valence-corrected chi connectivity index (χ1v) is 9.50. The van der Waals surface area contributed by atoms with Crippen molar-refractivity contribution in [2.75, 3.05) is 11.9 Å². The molecule has 7 nitrogen and oxygen atoms in total. The van der Waals surface area contributed by atoms with Crippen molar-refractivity contribution < 1.29 is 9.13 Å². The van der Waals surface area contributed by atoms with Gasteiger partial charge in [-0.3, -0.25) is 4.98 Å². The molecule has 3 aromatic heterocycles. The van der Waals surface area contributed by atoms with Gasteiger partial charge in [-0.2, -0.15) is 5.10 Å². The van der Waals surface area contributed by atoms with E-state index in [0.29, 0.717) is 30.2 Å². The minimum Gasteiger partial charge on any atom is -0.493 e. The first-order valence-electron chi connectivity index (χ1n) is 9.50. The van der Waals surface area contributed by atoms with Gasteiger partial charge in [-0.1, -0.05) is 0 Å². The number of aryl methyl sites for hydroxylation is 1. The van der Waals surface area contributed by atoms with Crippen LogP contribution >= 0.6 is 0 Å². The van der Waals surface area contributed by atoms with Crippen LogP contribution in [-0.4, -0.2) is 31.2 Å². The molecule has 29 heavy (non-hydrogen) atoms. The number of nitrogens with one attached hydrogen (secondary N) is 1. The number of fused-ring (bicyclic) bond motifs is 2. The summed E-state index contributed by atoms with van der Waals surface area (Å²) in [5.74, 6) is 1.06. The van der Waals surface area contributed by atoms with Gasteiger partial charge in [0.1, 0.15) is 17.9 Å². The molecule has 0 unspecified atom stereocenters. The summed E-state index contributed by atoms with van der Waals surface area (Å²) in [5.41, 5.74) is 4.71. The minimum absolute atomic E-state index is 0.248. The van der Waals surface area contributed by atoms with Crippen molar-refractivity contribution in [1.82, 2.24) is 24.6 Å². The zero-order chi connectivity index (χ0) is 19.8. The van der Waals surface area contributed by atoms with E-state index >= 15 is 0 Å². The summed E-state index contributed by atoms with van der Waals surface area (Å²) < 4.78 is 21.9. The summed E-state index contributed by atoms with van der Waals surface area (Å²) in [6.45, 7) is 2.90. The molecule has 146 valence electrons. The fourth-order valence-electron chi connectivity index (χ4n) is 3.73. The third-order valence-electron chi connectivity index (χ3n) is 5.18. The van der Waals surface area contributed by atoms with Gasteiger partial charge in [-0.25, -0.2) is 18.9 Å². The van der Waals surface area contributed by atoms with Crippen LogP contribution in [-0.2, 0) is 13.0 Å². The molecule has 1 N–H and O–H groups in total. The van der Waals surface area contributed by atoms with Crippen LogP contribution in [0.4, 0.5) is 10.2 Å². The Morgan fingerprint density at radius 1 is 1.21 bits per heavy atom. The lowest BCUT2D eigenvalue weighted by Gasteiger charge is -2.21. The molecule has 0 saturated heterocycles. The van der Waals surface area contributed by atoms with E-state index in [0.717, 1.165) is 41.1 Å². The average molecular weight is 390 g/mol. The van der Waals surface area contributed by atoms with Gasteiger partial charge in [-0.15, -0.1) is 0 Å². The number of hydrogen-bond acceptors (Lipinski definition) is 6. The molecule has 4 aromatic rings. The zero-order valence-corrected chi connectivity index (χ0v) is 15.9. The van der Waals surface area contributed by atoms with Gasteiger partial charge in [-0.05, 0) is 44.0 Å². The van der Waals surface area contributed by atoms with E-state index < -0.39 is 0 Å². The minimum atomic E-state index is -0.248. The standard InChI is InChI=1S/C21H19FN6O/c1-13-14(4-2-8-23-13)18-11-25-20(21-26-12-27-28(18)21)24-10-16-15-5-3-9-29-19(15)7-6-17(16)22/h2,4,6-8,11-12H,3,5,9-10H2,1H3,(H,24,25). The van der Waals surface area contributed by atoms with Crippen molar-refractivity contribution >= 4 is 11.5 Å². The molecule has 0 spiro atoms. The van der Waals surface area contributed by atoms with E-state index in [1.54, 1.807) is 23.0 Å². The maximum Gasteiger partial charge on any atom is 0.198 e. The van der Waals surface area contributed by atoms with Gasteiger partial charge < -0.3 is 10.1 Å². The monoisotopic (exact) mass is 390 g/mol. The summed E-state index contributed by atoms with van der Waals surface area (Å²) in [6, 6.07) is 7.00. The Morgan fingerprint density at radius 3 is 3.03 bits per heavy atom. The number of benzene rings is 1. The second kappa shape index (κ2) is 7.12. The van der Waals surface area contributed by atoms with Crippen LogP contribution in [0.5, 0.6) is 5.75 Å². The highest BCUT2D eigenvalue weighted by molar-refractivity contribution is 5.70. The van der Waals surface area contributed by atoms with E-state index in [2.05, 4.69) is 25.4 Å². The van der Waals surface area contributed by atoms with Gasteiger partial charge in [0.05, 0.1) is 18.5 Å². The Kier molecular flexibility index (Phi) is 4.31. The topological polar surface area (TPSA) is 77.2 Å². The molecule has 1 aliphatic rings. The Hall–Kier alpha value is -3.55. The van der Waals surface area contributed by atoms with Gasteiger partial charge in [0, 0.05) is 35.1 Å². The maximum atomic E-state index is 14.5. The lowest BCUT2D eigenvalue weighted by Crippen LogP contribution is -2.14. The molecule has 5 rings (SSSR count). The van der Waals surface area contributed by atoms with Crippen LogP contribution < -0.4 is 10.1 Å². The molecule has 1 aromatic carbocycles. The normalized spacial score (nSPS) is 13.2. The van der Waals surface area contributed by atoms with Gasteiger partial charge in [0.15, 0.2) is 11.5 Å². The number of halogens is 1. The van der Waals surface area contributed by atoms with E-state index in [1.807, 2.05) is 19.1 Å². The molecule has 1 aliphatic heterocycles. The van der Waals surface area contributed by atoms with E-state index in [1.165, 1.54) is 12.4 Å². The highest BCUT2D eigenvalue weighted by Crippen LogP contribution is 2.31.